The van der Waals surface area contributed by atoms with Crippen molar-refractivity contribution < 1.29 is 14.9 Å². The van der Waals surface area contributed by atoms with Crippen molar-refractivity contribution in [1.82, 2.24) is 19.5 Å². The molecule has 0 saturated carbocycles. The van der Waals surface area contributed by atoms with E-state index in [0.717, 1.165) is 0 Å². The van der Waals surface area contributed by atoms with Crippen LogP contribution in [0.15, 0.2) is 12.7 Å². The topological polar surface area (TPSA) is 119 Å². The summed E-state index contributed by atoms with van der Waals surface area (Å²) in [6.07, 6.45) is 1.23. The number of aromatic nitrogens is 4. The molecule has 0 unspecified atom stereocenters. The Bertz CT molecular complexity index is 620. The lowest BCUT2D eigenvalue weighted by molar-refractivity contribution is -0.0658. The van der Waals surface area contributed by atoms with E-state index in [9.17, 15) is 5.11 Å². The zero-order chi connectivity index (χ0) is 13.6. The van der Waals surface area contributed by atoms with Gasteiger partial charge in [-0.2, -0.15) is 0 Å². The van der Waals surface area contributed by atoms with Gasteiger partial charge in [-0.05, 0) is 0 Å². The highest BCUT2D eigenvalue weighted by Crippen LogP contribution is 2.40. The van der Waals surface area contributed by atoms with Crippen molar-refractivity contribution in [3.63, 3.8) is 0 Å². The molecule has 0 radical (unpaired) electrons. The second-order valence-corrected chi connectivity index (χ2v) is 4.94. The van der Waals surface area contributed by atoms with Gasteiger partial charge in [-0.1, -0.05) is 11.6 Å². The van der Waals surface area contributed by atoms with Gasteiger partial charge in [0.2, 0.25) is 5.18 Å². The number of imidazole rings is 1. The average molecular weight is 286 g/mol. The zero-order valence-electron chi connectivity index (χ0n) is 9.77. The monoisotopic (exact) mass is 285 g/mol. The highest BCUT2D eigenvalue weighted by atomic mass is 35.5. The van der Waals surface area contributed by atoms with Crippen LogP contribution >= 0.6 is 11.6 Å². The van der Waals surface area contributed by atoms with E-state index in [2.05, 4.69) is 15.0 Å². The number of halogens is 1. The molecule has 0 amide bonds. The largest absolute Gasteiger partial charge is 0.394 e. The van der Waals surface area contributed by atoms with E-state index >= 15 is 0 Å². The molecule has 0 spiro atoms. The molecule has 0 bridgehead atoms. The average Bonchev–Trinajstić information content (AvgIpc) is 2.92. The number of hydrogen-bond donors (Lipinski definition) is 3. The molecule has 2 aromatic rings. The summed E-state index contributed by atoms with van der Waals surface area (Å²) in [5.41, 5.74) is 6.51. The normalized spacial score (nSPS) is 31.1. The lowest BCUT2D eigenvalue weighted by atomic mass is 10.2. The number of aliphatic hydroxyl groups excluding tert-OH is 2. The summed E-state index contributed by atoms with van der Waals surface area (Å²) in [7, 11) is 0. The van der Waals surface area contributed by atoms with Gasteiger partial charge in [0, 0.05) is 6.42 Å². The van der Waals surface area contributed by atoms with Gasteiger partial charge in [-0.25, -0.2) is 15.0 Å². The molecule has 9 heteroatoms. The van der Waals surface area contributed by atoms with Gasteiger partial charge < -0.3 is 20.7 Å². The Kier molecular flexibility index (Phi) is 2.82. The summed E-state index contributed by atoms with van der Waals surface area (Å²) in [6, 6.07) is 0. The van der Waals surface area contributed by atoms with Crippen molar-refractivity contribution in [3.05, 3.63) is 12.7 Å². The number of nitrogens with zero attached hydrogens (tertiary/aromatic N) is 4. The molecule has 1 fully saturated rings. The van der Waals surface area contributed by atoms with E-state index in [1.165, 1.54) is 17.2 Å². The molecule has 102 valence electrons. The van der Waals surface area contributed by atoms with Crippen molar-refractivity contribution in [2.45, 2.75) is 23.8 Å². The van der Waals surface area contributed by atoms with Crippen LogP contribution in [-0.4, -0.2) is 48.5 Å². The number of ether oxygens (including phenoxy) is 1. The predicted octanol–water partition coefficient (Wildman–Crippen LogP) is -0.600. The number of alkyl halides is 1. The van der Waals surface area contributed by atoms with Crippen LogP contribution < -0.4 is 5.73 Å². The summed E-state index contributed by atoms with van der Waals surface area (Å²) in [6.45, 7) is -0.320. The van der Waals surface area contributed by atoms with E-state index in [1.807, 2.05) is 0 Å². The third-order valence-electron chi connectivity index (χ3n) is 3.12. The molecule has 3 rings (SSSR count). The fraction of sp³-hybridized carbons (Fsp3) is 0.500. The third-order valence-corrected chi connectivity index (χ3v) is 3.55. The van der Waals surface area contributed by atoms with Crippen LogP contribution in [0.2, 0.25) is 0 Å². The first-order valence-corrected chi connectivity index (χ1v) is 6.02. The minimum absolute atomic E-state index is 0.106. The van der Waals surface area contributed by atoms with Gasteiger partial charge in [0.1, 0.15) is 24.3 Å². The Morgan fingerprint density at radius 3 is 3.00 bits per heavy atom. The maximum absolute atomic E-state index is 9.79. The number of nitrogen functional groups attached to an aromatic ring is 1. The number of aliphatic hydroxyl groups is 2. The summed E-state index contributed by atoms with van der Waals surface area (Å²) >= 11 is 6.37. The number of anilines is 1. The van der Waals surface area contributed by atoms with Crippen molar-refractivity contribution >= 4 is 28.6 Å². The van der Waals surface area contributed by atoms with E-state index < -0.39 is 17.4 Å². The van der Waals surface area contributed by atoms with E-state index in [0.29, 0.717) is 11.2 Å². The lowest BCUT2D eigenvalue weighted by Gasteiger charge is -2.23. The van der Waals surface area contributed by atoms with Gasteiger partial charge in [-0.3, -0.25) is 4.57 Å². The van der Waals surface area contributed by atoms with E-state index in [-0.39, 0.29) is 18.8 Å². The van der Waals surface area contributed by atoms with Crippen molar-refractivity contribution in [1.29, 1.82) is 0 Å². The van der Waals surface area contributed by atoms with Crippen molar-refractivity contribution in [2.24, 2.45) is 0 Å². The molecular weight excluding hydrogens is 274 g/mol. The molecule has 8 nitrogen and oxygen atoms in total. The van der Waals surface area contributed by atoms with Crippen LogP contribution in [0, 0.1) is 0 Å². The van der Waals surface area contributed by atoms with Gasteiger partial charge >= 0.3 is 0 Å². The molecule has 3 heterocycles. The maximum atomic E-state index is 9.79. The number of rotatable bonds is 2. The van der Waals surface area contributed by atoms with Gasteiger partial charge in [0.15, 0.2) is 11.5 Å². The fourth-order valence-corrected chi connectivity index (χ4v) is 2.56. The molecule has 1 aliphatic rings. The van der Waals surface area contributed by atoms with Crippen LogP contribution in [0.3, 0.4) is 0 Å². The maximum Gasteiger partial charge on any atom is 0.228 e. The predicted molar refractivity (Wildman–Crippen MR) is 66.1 cm³/mol. The zero-order valence-corrected chi connectivity index (χ0v) is 10.5. The van der Waals surface area contributed by atoms with Gasteiger partial charge in [0.05, 0.1) is 12.7 Å². The first-order chi connectivity index (χ1) is 9.05. The first kappa shape index (κ1) is 12.5. The Labute approximate surface area is 112 Å². The highest BCUT2D eigenvalue weighted by Gasteiger charge is 2.46. The first-order valence-electron chi connectivity index (χ1n) is 5.65. The molecule has 0 aliphatic carbocycles. The van der Waals surface area contributed by atoms with Gasteiger partial charge in [0.25, 0.3) is 0 Å². The van der Waals surface area contributed by atoms with Crippen LogP contribution in [-0.2, 0) is 9.92 Å². The molecule has 1 aliphatic heterocycles. The Morgan fingerprint density at radius 1 is 1.53 bits per heavy atom. The summed E-state index contributed by atoms with van der Waals surface area (Å²) < 4.78 is 6.96. The molecule has 2 aromatic heterocycles. The van der Waals surface area contributed by atoms with Crippen LogP contribution in [0.4, 0.5) is 5.82 Å². The smallest absolute Gasteiger partial charge is 0.228 e. The van der Waals surface area contributed by atoms with Gasteiger partial charge in [-0.15, -0.1) is 0 Å². The number of fused-ring (bicyclic) bond motifs is 1. The van der Waals surface area contributed by atoms with Crippen molar-refractivity contribution in [3.8, 4) is 0 Å². The summed E-state index contributed by atoms with van der Waals surface area (Å²) in [4.78, 5) is 12.0. The fourth-order valence-electron chi connectivity index (χ4n) is 2.16. The SMILES string of the molecule is Nc1ncnc2c1ncn2[C@@]1(Cl)C[C@H](O)[C@@H](CO)O1. The number of nitrogens with two attached hydrogens (primary N) is 1. The van der Waals surface area contributed by atoms with E-state index in [4.69, 9.17) is 27.2 Å². The van der Waals surface area contributed by atoms with Crippen molar-refractivity contribution in [2.75, 3.05) is 12.3 Å². The number of hydrogen-bond acceptors (Lipinski definition) is 7. The molecular formula is C10H12ClN5O3. The minimum atomic E-state index is -1.34. The second-order valence-electron chi connectivity index (χ2n) is 4.35. The third kappa shape index (κ3) is 1.84. The van der Waals surface area contributed by atoms with Crippen LogP contribution in [0.5, 0.6) is 0 Å². The molecule has 4 N–H and O–H groups in total. The van der Waals surface area contributed by atoms with Crippen LogP contribution in [0.1, 0.15) is 6.42 Å². The molecule has 3 atom stereocenters. The second kappa shape index (κ2) is 4.27. The quantitative estimate of drug-likeness (QED) is 0.630. The Morgan fingerprint density at radius 2 is 2.32 bits per heavy atom. The lowest BCUT2D eigenvalue weighted by Crippen LogP contribution is -2.28. The summed E-state index contributed by atoms with van der Waals surface area (Å²) in [5, 5.41) is 17.6. The Balaban J connectivity index is 2.08. The Hall–Kier alpha value is -1.48. The molecule has 19 heavy (non-hydrogen) atoms. The minimum Gasteiger partial charge on any atom is -0.394 e. The van der Waals surface area contributed by atoms with Crippen LogP contribution in [0.25, 0.3) is 11.2 Å². The van der Waals surface area contributed by atoms with E-state index in [1.54, 1.807) is 0 Å². The highest BCUT2D eigenvalue weighted by molar-refractivity contribution is 6.21. The standard InChI is InChI=1S/C10H12ClN5O3/c11-10(1-5(18)6(2-17)19-10)16-4-15-7-8(12)13-3-14-9(7)16/h3-6,17-18H,1-2H2,(H2,12,13,14)/t5-,6+,10-/m0/s1. The summed E-state index contributed by atoms with van der Waals surface area (Å²) in [5.74, 6) is 0.237. The molecule has 0 aromatic carbocycles. The molecule has 1 saturated heterocycles.